The van der Waals surface area contributed by atoms with Crippen molar-refractivity contribution in [3.63, 3.8) is 0 Å². The number of nitrogen functional groups attached to an aromatic ring is 1. The third-order valence-corrected chi connectivity index (χ3v) is 3.76. The predicted octanol–water partition coefficient (Wildman–Crippen LogP) is 4.28. The number of halogens is 3. The molecule has 1 aliphatic rings. The highest BCUT2D eigenvalue weighted by Crippen LogP contribution is 2.49. The maximum Gasteiger partial charge on any atom is 0.418 e. The standard InChI is InChI=1S/C14H19F3N2/c1-2-5-13(6-7-13)9-19-10-3-4-12(18)11(8-10)14(15,16)17/h3-4,8,19H,2,5-7,9,18H2,1H3. The van der Waals surface area contributed by atoms with Gasteiger partial charge in [-0.15, -0.1) is 0 Å². The largest absolute Gasteiger partial charge is 0.418 e. The Kier molecular flexibility index (Phi) is 3.65. The van der Waals surface area contributed by atoms with E-state index in [1.807, 2.05) is 0 Å². The Bertz CT molecular complexity index is 450. The molecule has 0 bridgehead atoms. The smallest absolute Gasteiger partial charge is 0.398 e. The Morgan fingerprint density at radius 2 is 2.00 bits per heavy atom. The van der Waals surface area contributed by atoms with Gasteiger partial charge in [0, 0.05) is 17.9 Å². The fraction of sp³-hybridized carbons (Fsp3) is 0.571. The van der Waals surface area contributed by atoms with Gasteiger partial charge < -0.3 is 11.1 Å². The number of hydrogen-bond acceptors (Lipinski definition) is 2. The molecule has 5 heteroatoms. The van der Waals surface area contributed by atoms with Gasteiger partial charge in [0.25, 0.3) is 0 Å². The minimum atomic E-state index is -4.40. The van der Waals surface area contributed by atoms with E-state index < -0.39 is 11.7 Å². The first-order valence-electron chi connectivity index (χ1n) is 6.57. The lowest BCUT2D eigenvalue weighted by atomic mass is 10.0. The summed E-state index contributed by atoms with van der Waals surface area (Å²) >= 11 is 0. The summed E-state index contributed by atoms with van der Waals surface area (Å²) in [5, 5.41) is 3.12. The molecule has 0 unspecified atom stereocenters. The Morgan fingerprint density at radius 3 is 2.53 bits per heavy atom. The molecule has 1 saturated carbocycles. The molecule has 3 N–H and O–H groups in total. The number of anilines is 2. The molecular weight excluding hydrogens is 253 g/mol. The van der Waals surface area contributed by atoms with Crippen molar-refractivity contribution >= 4 is 11.4 Å². The van der Waals surface area contributed by atoms with Gasteiger partial charge in [-0.05, 0) is 42.9 Å². The van der Waals surface area contributed by atoms with Gasteiger partial charge >= 0.3 is 6.18 Å². The maximum absolute atomic E-state index is 12.7. The Labute approximate surface area is 111 Å². The van der Waals surface area contributed by atoms with Crippen LogP contribution in [0.3, 0.4) is 0 Å². The first-order chi connectivity index (χ1) is 8.86. The fourth-order valence-electron chi connectivity index (χ4n) is 2.42. The van der Waals surface area contributed by atoms with Crippen LogP contribution in [-0.4, -0.2) is 6.54 Å². The van der Waals surface area contributed by atoms with Crippen molar-refractivity contribution in [3.8, 4) is 0 Å². The van der Waals surface area contributed by atoms with Gasteiger partial charge in [0.15, 0.2) is 0 Å². The van der Waals surface area contributed by atoms with E-state index in [1.54, 1.807) is 6.07 Å². The lowest BCUT2D eigenvalue weighted by Gasteiger charge is -2.17. The normalized spacial score (nSPS) is 17.3. The zero-order valence-electron chi connectivity index (χ0n) is 11.0. The van der Waals surface area contributed by atoms with Crippen molar-refractivity contribution in [1.82, 2.24) is 0 Å². The minimum Gasteiger partial charge on any atom is -0.398 e. The van der Waals surface area contributed by atoms with Crippen molar-refractivity contribution in [2.45, 2.75) is 38.8 Å². The van der Waals surface area contributed by atoms with Crippen molar-refractivity contribution in [2.24, 2.45) is 5.41 Å². The van der Waals surface area contributed by atoms with Crippen LogP contribution in [0.1, 0.15) is 38.2 Å². The van der Waals surface area contributed by atoms with Gasteiger partial charge in [0.2, 0.25) is 0 Å². The number of rotatable bonds is 5. The third-order valence-electron chi connectivity index (χ3n) is 3.76. The van der Waals surface area contributed by atoms with Crippen LogP contribution in [-0.2, 0) is 6.18 Å². The first-order valence-corrected chi connectivity index (χ1v) is 6.57. The zero-order valence-corrected chi connectivity index (χ0v) is 11.0. The average molecular weight is 272 g/mol. The van der Waals surface area contributed by atoms with E-state index in [2.05, 4.69) is 12.2 Å². The topological polar surface area (TPSA) is 38.0 Å². The van der Waals surface area contributed by atoms with Crippen LogP contribution in [0, 0.1) is 5.41 Å². The molecule has 0 aliphatic heterocycles. The number of hydrogen-bond donors (Lipinski definition) is 2. The van der Waals surface area contributed by atoms with Crippen LogP contribution in [0.5, 0.6) is 0 Å². The molecule has 0 aromatic heterocycles. The number of benzene rings is 1. The van der Waals surface area contributed by atoms with Crippen LogP contribution in [0.15, 0.2) is 18.2 Å². The molecule has 0 atom stereocenters. The zero-order chi connectivity index (χ0) is 14.1. The van der Waals surface area contributed by atoms with Crippen molar-refractivity contribution < 1.29 is 13.2 Å². The Morgan fingerprint density at radius 1 is 1.32 bits per heavy atom. The Hall–Kier alpha value is -1.39. The first kappa shape index (κ1) is 14.0. The van der Waals surface area contributed by atoms with Crippen molar-refractivity contribution in [2.75, 3.05) is 17.6 Å². The summed E-state index contributed by atoms with van der Waals surface area (Å²) in [6.07, 6.45) is 0.157. The van der Waals surface area contributed by atoms with E-state index >= 15 is 0 Å². The van der Waals surface area contributed by atoms with Gasteiger partial charge in [-0.1, -0.05) is 13.3 Å². The molecule has 0 radical (unpaired) electrons. The monoisotopic (exact) mass is 272 g/mol. The van der Waals surface area contributed by atoms with Crippen molar-refractivity contribution in [1.29, 1.82) is 0 Å². The molecular formula is C14H19F3N2. The number of alkyl halides is 3. The SMILES string of the molecule is CCCC1(CNc2ccc(N)c(C(F)(F)F)c2)CC1. The quantitative estimate of drug-likeness (QED) is 0.785. The number of nitrogens with one attached hydrogen (secondary N) is 1. The highest BCUT2D eigenvalue weighted by Gasteiger charge is 2.41. The summed E-state index contributed by atoms with van der Waals surface area (Å²) in [7, 11) is 0. The molecule has 1 fully saturated rings. The van der Waals surface area contributed by atoms with Crippen molar-refractivity contribution in [3.05, 3.63) is 23.8 Å². The fourth-order valence-corrected chi connectivity index (χ4v) is 2.42. The summed E-state index contributed by atoms with van der Waals surface area (Å²) in [5.41, 5.74) is 5.16. The lowest BCUT2D eigenvalue weighted by molar-refractivity contribution is -0.136. The molecule has 0 heterocycles. The molecule has 2 nitrogen and oxygen atoms in total. The third kappa shape index (κ3) is 3.33. The molecule has 1 aromatic rings. The minimum absolute atomic E-state index is 0.229. The van der Waals surface area contributed by atoms with Gasteiger partial charge in [0.1, 0.15) is 0 Å². The van der Waals surface area contributed by atoms with Gasteiger partial charge in [0.05, 0.1) is 5.56 Å². The van der Waals surface area contributed by atoms with Crippen LogP contribution in [0.25, 0.3) is 0 Å². The van der Waals surface area contributed by atoms with E-state index in [-0.39, 0.29) is 5.69 Å². The summed E-state index contributed by atoms with van der Waals surface area (Å²) in [4.78, 5) is 0. The van der Waals surface area contributed by atoms with E-state index in [0.717, 1.165) is 38.3 Å². The predicted molar refractivity (Wildman–Crippen MR) is 70.9 cm³/mol. The lowest BCUT2D eigenvalue weighted by Crippen LogP contribution is -2.16. The molecule has 0 spiro atoms. The van der Waals surface area contributed by atoms with Crippen LogP contribution in [0.2, 0.25) is 0 Å². The van der Waals surface area contributed by atoms with E-state index in [9.17, 15) is 13.2 Å². The van der Waals surface area contributed by atoms with E-state index in [0.29, 0.717) is 11.1 Å². The van der Waals surface area contributed by atoms with Crippen LogP contribution >= 0.6 is 0 Å². The second kappa shape index (κ2) is 4.94. The number of nitrogens with two attached hydrogens (primary N) is 1. The molecule has 19 heavy (non-hydrogen) atoms. The van der Waals surface area contributed by atoms with Gasteiger partial charge in [-0.2, -0.15) is 13.2 Å². The maximum atomic E-state index is 12.7. The average Bonchev–Trinajstić information content (AvgIpc) is 3.07. The summed E-state index contributed by atoms with van der Waals surface area (Å²) in [5.74, 6) is 0. The highest BCUT2D eigenvalue weighted by atomic mass is 19.4. The van der Waals surface area contributed by atoms with Crippen LogP contribution in [0.4, 0.5) is 24.5 Å². The molecule has 1 aromatic carbocycles. The molecule has 1 aliphatic carbocycles. The molecule has 106 valence electrons. The highest BCUT2D eigenvalue weighted by molar-refractivity contribution is 5.58. The molecule has 0 saturated heterocycles. The second-order valence-electron chi connectivity index (χ2n) is 5.40. The summed E-state index contributed by atoms with van der Waals surface area (Å²) in [6, 6.07) is 4.01. The van der Waals surface area contributed by atoms with Crippen LogP contribution < -0.4 is 11.1 Å². The molecule has 2 rings (SSSR count). The summed E-state index contributed by atoms with van der Waals surface area (Å²) < 4.78 is 38.2. The van der Waals surface area contributed by atoms with E-state index in [1.165, 1.54) is 6.07 Å². The summed E-state index contributed by atoms with van der Waals surface area (Å²) in [6.45, 7) is 2.87. The van der Waals surface area contributed by atoms with Gasteiger partial charge in [-0.3, -0.25) is 0 Å². The second-order valence-corrected chi connectivity index (χ2v) is 5.40. The Balaban J connectivity index is 2.06. The molecule has 0 amide bonds. The van der Waals surface area contributed by atoms with E-state index in [4.69, 9.17) is 5.73 Å². The van der Waals surface area contributed by atoms with Gasteiger partial charge in [-0.25, -0.2) is 0 Å².